The van der Waals surface area contributed by atoms with Gasteiger partial charge in [-0.25, -0.2) is 8.78 Å². The number of ether oxygens (including phenoxy) is 1. The van der Waals surface area contributed by atoms with Gasteiger partial charge in [-0.3, -0.25) is 4.79 Å². The second-order valence-electron chi connectivity index (χ2n) is 4.59. The highest BCUT2D eigenvalue weighted by atomic mass is 19.1. The van der Waals surface area contributed by atoms with Crippen molar-refractivity contribution in [2.75, 3.05) is 0 Å². The normalized spacial score (nSPS) is 11.4. The highest BCUT2D eigenvalue weighted by Gasteiger charge is 2.26. The van der Waals surface area contributed by atoms with E-state index in [0.29, 0.717) is 12.0 Å². The zero-order valence-corrected chi connectivity index (χ0v) is 10.2. The maximum atomic E-state index is 12.9. The van der Waals surface area contributed by atoms with Crippen molar-refractivity contribution in [2.45, 2.75) is 33.8 Å². The van der Waals surface area contributed by atoms with Crippen LogP contribution in [0.4, 0.5) is 8.78 Å². The fourth-order valence-electron chi connectivity index (χ4n) is 1.18. The summed E-state index contributed by atoms with van der Waals surface area (Å²) in [5.74, 6) is -1.72. The number of hydrogen-bond donors (Lipinski definition) is 0. The van der Waals surface area contributed by atoms with Gasteiger partial charge in [0, 0.05) is 6.07 Å². The Labute approximate surface area is 99.6 Å². The highest BCUT2D eigenvalue weighted by Crippen LogP contribution is 2.22. The predicted molar refractivity (Wildman–Crippen MR) is 60.2 cm³/mol. The lowest BCUT2D eigenvalue weighted by Crippen LogP contribution is -2.25. The highest BCUT2D eigenvalue weighted by molar-refractivity contribution is 5.75. The van der Waals surface area contributed by atoms with Crippen LogP contribution in [-0.2, 0) is 16.1 Å². The topological polar surface area (TPSA) is 26.3 Å². The van der Waals surface area contributed by atoms with E-state index < -0.39 is 17.0 Å². The molecule has 0 saturated carbocycles. The lowest BCUT2D eigenvalue weighted by molar-refractivity contribution is -0.155. The van der Waals surface area contributed by atoms with Crippen molar-refractivity contribution in [3.05, 3.63) is 35.4 Å². The number of esters is 1. The first-order valence-corrected chi connectivity index (χ1v) is 5.47. The van der Waals surface area contributed by atoms with E-state index in [2.05, 4.69) is 0 Å². The summed E-state index contributed by atoms with van der Waals surface area (Å²) in [5.41, 5.74) is -0.269. The van der Waals surface area contributed by atoms with E-state index in [-0.39, 0.29) is 12.6 Å². The Balaban J connectivity index is 2.65. The summed E-state index contributed by atoms with van der Waals surface area (Å²) in [4.78, 5) is 11.6. The molecular formula is C13H16F2O2. The van der Waals surface area contributed by atoms with Crippen LogP contribution < -0.4 is 0 Å². The Morgan fingerprint density at radius 1 is 1.24 bits per heavy atom. The molecule has 0 heterocycles. The van der Waals surface area contributed by atoms with Gasteiger partial charge in [-0.15, -0.1) is 0 Å². The minimum Gasteiger partial charge on any atom is -0.460 e. The van der Waals surface area contributed by atoms with Crippen molar-refractivity contribution in [3.63, 3.8) is 0 Å². The van der Waals surface area contributed by atoms with E-state index in [1.807, 2.05) is 6.92 Å². The molecule has 0 aromatic heterocycles. The van der Waals surface area contributed by atoms with Crippen LogP contribution in [0.2, 0.25) is 0 Å². The van der Waals surface area contributed by atoms with Crippen molar-refractivity contribution >= 4 is 5.97 Å². The van der Waals surface area contributed by atoms with Gasteiger partial charge in [-0.1, -0.05) is 6.92 Å². The fraction of sp³-hybridized carbons (Fsp3) is 0.462. The van der Waals surface area contributed by atoms with Crippen LogP contribution in [0.3, 0.4) is 0 Å². The molecule has 1 aromatic rings. The molecule has 0 unspecified atom stereocenters. The molecule has 0 atom stereocenters. The molecule has 0 radical (unpaired) electrons. The number of halogens is 2. The van der Waals surface area contributed by atoms with Crippen molar-refractivity contribution in [1.29, 1.82) is 0 Å². The van der Waals surface area contributed by atoms with Gasteiger partial charge in [0.25, 0.3) is 0 Å². The lowest BCUT2D eigenvalue weighted by atomic mass is 9.91. The minimum atomic E-state index is -0.675. The first-order chi connectivity index (χ1) is 7.85. The van der Waals surface area contributed by atoms with Crippen molar-refractivity contribution in [1.82, 2.24) is 0 Å². The van der Waals surface area contributed by atoms with Gasteiger partial charge in [0.1, 0.15) is 18.2 Å². The Morgan fingerprint density at radius 3 is 2.24 bits per heavy atom. The summed E-state index contributed by atoms with van der Waals surface area (Å²) < 4.78 is 30.8. The molecule has 0 aliphatic carbocycles. The summed E-state index contributed by atoms with van der Waals surface area (Å²) in [7, 11) is 0. The molecule has 0 amide bonds. The molecule has 0 aliphatic heterocycles. The Hall–Kier alpha value is -1.45. The van der Waals surface area contributed by atoms with Crippen LogP contribution in [0.1, 0.15) is 32.8 Å². The van der Waals surface area contributed by atoms with E-state index in [0.717, 1.165) is 18.2 Å². The number of carbonyl (C=O) groups excluding carboxylic acids is 1. The third kappa shape index (κ3) is 3.80. The molecule has 2 nitrogen and oxygen atoms in total. The molecule has 1 rings (SSSR count). The maximum Gasteiger partial charge on any atom is 0.311 e. The average Bonchev–Trinajstić information content (AvgIpc) is 2.24. The molecule has 0 fully saturated rings. The molecule has 94 valence electrons. The summed E-state index contributed by atoms with van der Waals surface area (Å²) in [6.45, 7) is 5.29. The number of hydrogen-bond acceptors (Lipinski definition) is 2. The molecule has 1 aromatic carbocycles. The zero-order valence-electron chi connectivity index (χ0n) is 10.2. The van der Waals surface area contributed by atoms with Crippen LogP contribution in [0.25, 0.3) is 0 Å². The Bertz CT molecular complexity index is 394. The third-order valence-corrected chi connectivity index (χ3v) is 2.73. The maximum absolute atomic E-state index is 12.9. The quantitative estimate of drug-likeness (QED) is 0.756. The Kier molecular flexibility index (Phi) is 4.21. The fourth-order valence-corrected chi connectivity index (χ4v) is 1.18. The van der Waals surface area contributed by atoms with Gasteiger partial charge in [0.15, 0.2) is 0 Å². The molecule has 0 N–H and O–H groups in total. The summed E-state index contributed by atoms with van der Waals surface area (Å²) in [6, 6.07) is 3.08. The first-order valence-electron chi connectivity index (χ1n) is 5.47. The van der Waals surface area contributed by atoms with Crippen molar-refractivity contribution in [2.24, 2.45) is 5.41 Å². The Morgan fingerprint density at radius 2 is 1.76 bits per heavy atom. The number of rotatable bonds is 4. The van der Waals surface area contributed by atoms with Gasteiger partial charge < -0.3 is 4.74 Å². The summed E-state index contributed by atoms with van der Waals surface area (Å²) >= 11 is 0. The van der Waals surface area contributed by atoms with E-state index in [9.17, 15) is 13.6 Å². The minimum absolute atomic E-state index is 0.114. The molecular weight excluding hydrogens is 226 g/mol. The first kappa shape index (κ1) is 13.6. The molecule has 0 aliphatic rings. The van der Waals surface area contributed by atoms with E-state index >= 15 is 0 Å². The summed E-state index contributed by atoms with van der Waals surface area (Å²) in [5, 5.41) is 0. The van der Waals surface area contributed by atoms with Crippen LogP contribution in [-0.4, -0.2) is 5.97 Å². The van der Waals surface area contributed by atoms with Crippen LogP contribution in [0.5, 0.6) is 0 Å². The number of carbonyl (C=O) groups is 1. The van der Waals surface area contributed by atoms with Crippen LogP contribution in [0, 0.1) is 17.0 Å². The van der Waals surface area contributed by atoms with Gasteiger partial charge in [-0.2, -0.15) is 0 Å². The van der Waals surface area contributed by atoms with Crippen LogP contribution in [0.15, 0.2) is 18.2 Å². The van der Waals surface area contributed by atoms with Crippen molar-refractivity contribution in [3.8, 4) is 0 Å². The van der Waals surface area contributed by atoms with Gasteiger partial charge in [0.2, 0.25) is 0 Å². The zero-order chi connectivity index (χ0) is 13.1. The SMILES string of the molecule is CCC(C)(C)C(=O)OCc1cc(F)cc(F)c1. The predicted octanol–water partition coefficient (Wildman–Crippen LogP) is 3.44. The molecule has 0 bridgehead atoms. The van der Waals surface area contributed by atoms with Gasteiger partial charge in [-0.05, 0) is 38.0 Å². The van der Waals surface area contributed by atoms with Gasteiger partial charge in [0.05, 0.1) is 5.41 Å². The van der Waals surface area contributed by atoms with Crippen molar-refractivity contribution < 1.29 is 18.3 Å². The second-order valence-corrected chi connectivity index (χ2v) is 4.59. The molecule has 17 heavy (non-hydrogen) atoms. The third-order valence-electron chi connectivity index (χ3n) is 2.73. The van der Waals surface area contributed by atoms with E-state index in [1.54, 1.807) is 13.8 Å². The summed E-state index contributed by atoms with van der Waals surface area (Å²) in [6.07, 6.45) is 0.642. The average molecular weight is 242 g/mol. The van der Waals surface area contributed by atoms with E-state index in [4.69, 9.17) is 4.74 Å². The lowest BCUT2D eigenvalue weighted by Gasteiger charge is -2.20. The largest absolute Gasteiger partial charge is 0.460 e. The van der Waals surface area contributed by atoms with Gasteiger partial charge >= 0.3 is 5.97 Å². The molecule has 0 saturated heterocycles. The smallest absolute Gasteiger partial charge is 0.311 e. The number of benzene rings is 1. The molecule has 0 spiro atoms. The molecule has 4 heteroatoms. The second kappa shape index (κ2) is 5.25. The monoisotopic (exact) mass is 242 g/mol. The van der Waals surface area contributed by atoms with E-state index in [1.165, 1.54) is 0 Å². The standard InChI is InChI=1S/C13H16F2O2/c1-4-13(2,3)12(16)17-8-9-5-10(14)7-11(15)6-9/h5-7H,4,8H2,1-3H3. The van der Waals surface area contributed by atoms with Crippen LogP contribution >= 0.6 is 0 Å².